The largest absolute Gasteiger partial charge is 0.514 e. The normalized spacial score (nSPS) is 16.6. The third-order valence-electron chi connectivity index (χ3n) is 4.15. The van der Waals surface area contributed by atoms with Crippen molar-refractivity contribution in [1.82, 2.24) is 4.90 Å². The van der Waals surface area contributed by atoms with Gasteiger partial charge in [-0.05, 0) is 29.7 Å². The summed E-state index contributed by atoms with van der Waals surface area (Å²) in [5.74, 6) is -1.09. The molecule has 0 unspecified atom stereocenters. The van der Waals surface area contributed by atoms with Crippen molar-refractivity contribution in [3.8, 4) is 5.06 Å². The van der Waals surface area contributed by atoms with Gasteiger partial charge in [-0.3, -0.25) is 4.90 Å². The van der Waals surface area contributed by atoms with Gasteiger partial charge in [0.15, 0.2) is 5.06 Å². The van der Waals surface area contributed by atoms with E-state index in [1.807, 2.05) is 0 Å². The summed E-state index contributed by atoms with van der Waals surface area (Å²) in [7, 11) is 1.21. The topological polar surface area (TPSA) is 65.1 Å². The van der Waals surface area contributed by atoms with Gasteiger partial charge in [-0.25, -0.2) is 14.0 Å². The van der Waals surface area contributed by atoms with Crippen LogP contribution < -0.4 is 4.74 Å². The number of methoxy groups -OCH3 is 1. The zero-order chi connectivity index (χ0) is 21.2. The number of esters is 1. The predicted octanol–water partition coefficient (Wildman–Crippen LogP) is 4.12. The molecule has 3 rings (SSSR count). The second kappa shape index (κ2) is 8.69. The molecule has 9 heteroatoms. The molecular formula is C18H17ClFNO5S. The van der Waals surface area contributed by atoms with Gasteiger partial charge in [0.2, 0.25) is 6.81 Å². The predicted molar refractivity (Wildman–Crippen MR) is 97.7 cm³/mol. The van der Waals surface area contributed by atoms with Crippen LogP contribution in [0.1, 0.15) is 24.8 Å². The van der Waals surface area contributed by atoms with Crippen LogP contribution in [0.25, 0.3) is 0 Å². The van der Waals surface area contributed by atoms with E-state index in [1.165, 1.54) is 18.4 Å². The molecule has 0 radical (unpaired) electrons. The Morgan fingerprint density at radius 2 is 2.22 bits per heavy atom. The summed E-state index contributed by atoms with van der Waals surface area (Å²) in [5.41, 5.74) is 1.21. The highest BCUT2D eigenvalue weighted by molar-refractivity contribution is 7.14. The number of benzene rings is 1. The van der Waals surface area contributed by atoms with Gasteiger partial charge in [-0.2, -0.15) is 0 Å². The summed E-state index contributed by atoms with van der Waals surface area (Å²) in [6, 6.07) is 7.13. The first-order valence-electron chi connectivity index (χ1n) is 8.95. The van der Waals surface area contributed by atoms with E-state index in [-0.39, 0.29) is 11.6 Å². The number of hydrogen-bond donors (Lipinski definition) is 0. The molecule has 1 aliphatic heterocycles. The molecule has 6 nitrogen and oxygen atoms in total. The lowest BCUT2D eigenvalue weighted by Gasteiger charge is -2.33. The van der Waals surface area contributed by atoms with E-state index in [4.69, 9.17) is 19.1 Å². The molecule has 1 atom stereocenters. The first-order valence-corrected chi connectivity index (χ1v) is 9.15. The number of rotatable bonds is 5. The highest BCUT2D eigenvalue weighted by Crippen LogP contribution is 2.37. The quantitative estimate of drug-likeness (QED) is 0.684. The van der Waals surface area contributed by atoms with Gasteiger partial charge >= 0.3 is 12.1 Å². The van der Waals surface area contributed by atoms with Gasteiger partial charge in [0, 0.05) is 23.0 Å². The van der Waals surface area contributed by atoms with Crippen LogP contribution in [-0.2, 0) is 27.2 Å². The Morgan fingerprint density at radius 1 is 1.44 bits per heavy atom. The van der Waals surface area contributed by atoms with Gasteiger partial charge in [0.05, 0.1) is 7.11 Å². The summed E-state index contributed by atoms with van der Waals surface area (Å²) in [6.07, 6.45) is -0.287. The molecule has 1 aromatic carbocycles. The molecule has 2 heterocycles. The van der Waals surface area contributed by atoms with E-state index in [1.54, 1.807) is 35.2 Å². The van der Waals surface area contributed by atoms with Gasteiger partial charge in [-0.15, -0.1) is 11.3 Å². The SMILES string of the molecule is [2H]C([2H])(F)OC(=O)[C@H](c1ccccc1Cl)N1CCc2sc(OC(=O)OC)cc2C1. The molecule has 0 fully saturated rings. The number of carbonyl (C=O) groups excluding carboxylic acids is 2. The van der Waals surface area contributed by atoms with Gasteiger partial charge in [0.1, 0.15) is 8.78 Å². The molecule has 1 aromatic heterocycles. The molecule has 144 valence electrons. The number of alkyl halides is 1. The van der Waals surface area contributed by atoms with E-state index >= 15 is 0 Å². The minimum absolute atomic E-state index is 0.274. The summed E-state index contributed by atoms with van der Waals surface area (Å²) in [5, 5.41) is 0.639. The van der Waals surface area contributed by atoms with Crippen molar-refractivity contribution in [1.29, 1.82) is 0 Å². The number of fused-ring (bicyclic) bond motifs is 1. The van der Waals surface area contributed by atoms with Crippen molar-refractivity contribution in [3.63, 3.8) is 0 Å². The monoisotopic (exact) mass is 415 g/mol. The van der Waals surface area contributed by atoms with Crippen LogP contribution in [0.5, 0.6) is 5.06 Å². The molecule has 0 N–H and O–H groups in total. The maximum atomic E-state index is 13.4. The molecule has 0 saturated heterocycles. The average Bonchev–Trinajstić information content (AvgIpc) is 3.03. The standard InChI is InChI=1S/C18H17ClFNO5S/c1-24-18(23)26-15-8-11-9-21(7-6-14(11)27-15)16(17(22)25-10-20)12-4-2-3-5-13(12)19/h2-5,8,16H,6-7,9-10H2,1H3/t16-/m0/s1/i10D2. The molecule has 27 heavy (non-hydrogen) atoms. The maximum absolute atomic E-state index is 13.4. The highest BCUT2D eigenvalue weighted by atomic mass is 35.5. The Balaban J connectivity index is 1.88. The average molecular weight is 416 g/mol. The number of halogens is 2. The van der Waals surface area contributed by atoms with Crippen LogP contribution in [-0.4, -0.2) is 37.5 Å². The Labute approximate surface area is 167 Å². The summed E-state index contributed by atoms with van der Waals surface area (Å²) in [4.78, 5) is 26.6. The molecular weight excluding hydrogens is 397 g/mol. The summed E-state index contributed by atoms with van der Waals surface area (Å²) < 4.78 is 41.1. The van der Waals surface area contributed by atoms with E-state index < -0.39 is 25.0 Å². The third kappa shape index (κ3) is 4.40. The Hall–Kier alpha value is -2.16. The van der Waals surface area contributed by atoms with Crippen LogP contribution in [0.4, 0.5) is 9.18 Å². The van der Waals surface area contributed by atoms with E-state index in [0.717, 1.165) is 10.4 Å². The van der Waals surface area contributed by atoms with Crippen LogP contribution >= 0.6 is 22.9 Å². The minimum Gasteiger partial charge on any atom is -0.437 e. The number of hydrogen-bond acceptors (Lipinski definition) is 7. The van der Waals surface area contributed by atoms with E-state index in [2.05, 4.69) is 9.47 Å². The van der Waals surface area contributed by atoms with Crippen LogP contribution in [0.2, 0.25) is 5.02 Å². The second-order valence-corrected chi connectivity index (χ2v) is 7.22. The molecule has 0 bridgehead atoms. The van der Waals surface area contributed by atoms with Crippen molar-refractivity contribution in [2.24, 2.45) is 0 Å². The zero-order valence-corrected chi connectivity index (χ0v) is 15.8. The number of thiophene rings is 1. The molecule has 0 saturated carbocycles. The van der Waals surface area contributed by atoms with Crippen molar-refractivity contribution in [2.45, 2.75) is 19.0 Å². The zero-order valence-electron chi connectivity index (χ0n) is 16.2. The molecule has 0 spiro atoms. The van der Waals surface area contributed by atoms with Gasteiger partial charge in [0.25, 0.3) is 0 Å². The maximum Gasteiger partial charge on any atom is 0.514 e. The number of carbonyl (C=O) groups is 2. The number of nitrogens with zero attached hydrogens (tertiary/aromatic N) is 1. The van der Waals surface area contributed by atoms with Gasteiger partial charge in [-0.1, -0.05) is 29.8 Å². The Kier molecular flexibility index (Phi) is 5.46. The van der Waals surface area contributed by atoms with E-state index in [0.29, 0.717) is 23.6 Å². The fourth-order valence-corrected chi connectivity index (χ4v) is 4.23. The van der Waals surface area contributed by atoms with Crippen molar-refractivity contribution in [2.75, 3.05) is 20.5 Å². The Bertz CT molecular complexity index is 920. The van der Waals surface area contributed by atoms with Gasteiger partial charge < -0.3 is 14.2 Å². The lowest BCUT2D eigenvalue weighted by Crippen LogP contribution is -2.38. The lowest BCUT2D eigenvalue weighted by molar-refractivity contribution is -0.155. The van der Waals surface area contributed by atoms with Crippen molar-refractivity contribution in [3.05, 3.63) is 51.4 Å². The number of ether oxygens (including phenoxy) is 3. The molecule has 2 aromatic rings. The highest BCUT2D eigenvalue weighted by Gasteiger charge is 2.34. The summed E-state index contributed by atoms with van der Waals surface area (Å²) >= 11 is 7.54. The lowest BCUT2D eigenvalue weighted by atomic mass is 10.0. The third-order valence-corrected chi connectivity index (χ3v) is 5.61. The molecule has 1 aliphatic rings. The summed E-state index contributed by atoms with van der Waals surface area (Å²) in [6.45, 7) is -2.93. The van der Waals surface area contributed by atoms with Crippen LogP contribution in [0.3, 0.4) is 0 Å². The minimum atomic E-state index is -3.61. The van der Waals surface area contributed by atoms with Crippen molar-refractivity contribution < 1.29 is 30.9 Å². The fourth-order valence-electron chi connectivity index (χ4n) is 2.99. The van der Waals surface area contributed by atoms with Crippen LogP contribution in [0.15, 0.2) is 30.3 Å². The first-order chi connectivity index (χ1) is 13.7. The van der Waals surface area contributed by atoms with E-state index in [9.17, 15) is 14.0 Å². The van der Waals surface area contributed by atoms with Crippen LogP contribution in [0, 0.1) is 0 Å². The van der Waals surface area contributed by atoms with Crippen molar-refractivity contribution >= 4 is 35.1 Å². The smallest absolute Gasteiger partial charge is 0.437 e. The molecule has 0 aliphatic carbocycles. The first kappa shape index (κ1) is 17.0. The Morgan fingerprint density at radius 3 is 2.93 bits per heavy atom. The fraction of sp³-hybridized carbons (Fsp3) is 0.333. The molecule has 0 amide bonds. The second-order valence-electron chi connectivity index (χ2n) is 5.71.